The van der Waals surface area contributed by atoms with Crippen LogP contribution in [0, 0.1) is 0 Å². The highest BCUT2D eigenvalue weighted by molar-refractivity contribution is 7.14. The second-order valence-corrected chi connectivity index (χ2v) is 8.22. The molecule has 10 heteroatoms. The molecule has 0 radical (unpaired) electrons. The Hall–Kier alpha value is -3.20. The summed E-state index contributed by atoms with van der Waals surface area (Å²) in [4.78, 5) is 34.8. The van der Waals surface area contributed by atoms with Crippen LogP contribution in [-0.2, 0) is 14.3 Å². The third-order valence-electron chi connectivity index (χ3n) is 4.42. The van der Waals surface area contributed by atoms with Crippen molar-refractivity contribution in [3.8, 4) is 5.75 Å². The van der Waals surface area contributed by atoms with Crippen LogP contribution in [0.5, 0.6) is 5.75 Å². The fourth-order valence-electron chi connectivity index (χ4n) is 2.91. The van der Waals surface area contributed by atoms with Gasteiger partial charge in [0.1, 0.15) is 5.75 Å². The Balaban J connectivity index is 1.62. The van der Waals surface area contributed by atoms with Gasteiger partial charge in [0.15, 0.2) is 10.8 Å². The third kappa shape index (κ3) is 4.52. The van der Waals surface area contributed by atoms with Crippen LogP contribution in [-0.4, -0.2) is 29.9 Å². The standard InChI is InChI=1S/C22H15Cl2N3O4S/c1-12(28)27(15-4-6-16(30-2)7-5-15)22-25-14(11-32-22)10-19-21(29)31-20(26-19)13-3-8-17(23)18(24)9-13/h3-11H,1-2H3/b19-10+. The molecule has 0 aliphatic carbocycles. The average Bonchev–Trinajstić information content (AvgIpc) is 3.37. The number of nitrogens with zero attached hydrogens (tertiary/aromatic N) is 3. The third-order valence-corrected chi connectivity index (χ3v) is 6.00. The average molecular weight is 488 g/mol. The fraction of sp³-hybridized carbons (Fsp3) is 0.0909. The number of carbonyl (C=O) groups is 2. The first-order chi connectivity index (χ1) is 15.4. The molecule has 7 nitrogen and oxygen atoms in total. The topological polar surface area (TPSA) is 81.1 Å². The highest BCUT2D eigenvalue weighted by Gasteiger charge is 2.25. The van der Waals surface area contributed by atoms with Crippen molar-refractivity contribution in [2.75, 3.05) is 12.0 Å². The number of ether oxygens (including phenoxy) is 2. The van der Waals surface area contributed by atoms with E-state index >= 15 is 0 Å². The number of rotatable bonds is 5. The first-order valence-corrected chi connectivity index (χ1v) is 10.9. The van der Waals surface area contributed by atoms with E-state index in [4.69, 9.17) is 32.7 Å². The molecule has 162 valence electrons. The summed E-state index contributed by atoms with van der Waals surface area (Å²) in [5.41, 5.74) is 1.72. The molecule has 0 unspecified atom stereocenters. The lowest BCUT2D eigenvalue weighted by atomic mass is 10.2. The predicted octanol–water partition coefficient (Wildman–Crippen LogP) is 5.49. The number of aliphatic imine (C=N–C) groups is 1. The first kappa shape index (κ1) is 22.0. The smallest absolute Gasteiger partial charge is 0.363 e. The molecule has 1 amide bonds. The van der Waals surface area contributed by atoms with E-state index in [2.05, 4.69) is 9.98 Å². The van der Waals surface area contributed by atoms with Crippen LogP contribution in [0.25, 0.3) is 6.08 Å². The van der Waals surface area contributed by atoms with Crippen molar-refractivity contribution in [1.82, 2.24) is 4.98 Å². The molecule has 0 saturated heterocycles. The van der Waals surface area contributed by atoms with Crippen LogP contribution in [0.2, 0.25) is 10.0 Å². The number of halogens is 2. The number of carbonyl (C=O) groups excluding carboxylic acids is 2. The second kappa shape index (κ2) is 9.12. The molecule has 1 aliphatic rings. The van der Waals surface area contributed by atoms with E-state index in [-0.39, 0.29) is 17.5 Å². The van der Waals surface area contributed by atoms with Crippen molar-refractivity contribution in [2.24, 2.45) is 4.99 Å². The van der Waals surface area contributed by atoms with E-state index < -0.39 is 5.97 Å². The molecule has 4 rings (SSSR count). The lowest BCUT2D eigenvalue weighted by Gasteiger charge is -2.18. The SMILES string of the molecule is COc1ccc(N(C(C)=O)c2nc(/C=C3/N=C(c4ccc(Cl)c(Cl)c4)OC3=O)cs2)cc1. The fourth-order valence-corrected chi connectivity index (χ4v) is 4.05. The molecule has 3 aromatic rings. The van der Waals surface area contributed by atoms with Gasteiger partial charge in [0, 0.05) is 17.9 Å². The van der Waals surface area contributed by atoms with E-state index in [1.54, 1.807) is 55.0 Å². The molecule has 1 aromatic heterocycles. The van der Waals surface area contributed by atoms with Crippen molar-refractivity contribution in [2.45, 2.75) is 6.92 Å². The van der Waals surface area contributed by atoms with Gasteiger partial charge in [-0.2, -0.15) is 0 Å². The molecule has 0 atom stereocenters. The lowest BCUT2D eigenvalue weighted by Crippen LogP contribution is -2.22. The van der Waals surface area contributed by atoms with E-state index in [0.717, 1.165) is 0 Å². The van der Waals surface area contributed by atoms with Gasteiger partial charge in [0.05, 0.1) is 28.5 Å². The number of anilines is 2. The molecule has 0 fully saturated rings. The van der Waals surface area contributed by atoms with Crippen molar-refractivity contribution >= 4 is 69.2 Å². The Morgan fingerprint density at radius 2 is 1.91 bits per heavy atom. The van der Waals surface area contributed by atoms with Crippen LogP contribution in [0.4, 0.5) is 10.8 Å². The summed E-state index contributed by atoms with van der Waals surface area (Å²) in [5.74, 6) is -0.0146. The van der Waals surface area contributed by atoms with Crippen LogP contribution in [0.3, 0.4) is 0 Å². The maximum absolute atomic E-state index is 12.3. The summed E-state index contributed by atoms with van der Waals surface area (Å²) in [6.45, 7) is 1.45. The van der Waals surface area contributed by atoms with E-state index in [9.17, 15) is 9.59 Å². The summed E-state index contributed by atoms with van der Waals surface area (Å²) in [5, 5.41) is 2.89. The maximum atomic E-state index is 12.3. The van der Waals surface area contributed by atoms with Gasteiger partial charge < -0.3 is 9.47 Å². The normalized spacial score (nSPS) is 14.3. The number of esters is 1. The van der Waals surface area contributed by atoms with E-state index in [1.165, 1.54) is 29.2 Å². The van der Waals surface area contributed by atoms with Gasteiger partial charge in [-0.15, -0.1) is 11.3 Å². The highest BCUT2D eigenvalue weighted by Crippen LogP contribution is 2.31. The second-order valence-electron chi connectivity index (χ2n) is 6.57. The summed E-state index contributed by atoms with van der Waals surface area (Å²) >= 11 is 13.2. The van der Waals surface area contributed by atoms with Gasteiger partial charge in [-0.25, -0.2) is 14.8 Å². The van der Waals surface area contributed by atoms with Gasteiger partial charge in [-0.3, -0.25) is 9.69 Å². The van der Waals surface area contributed by atoms with Crippen LogP contribution in [0.1, 0.15) is 18.2 Å². The number of methoxy groups -OCH3 is 1. The number of benzene rings is 2. The molecule has 0 N–H and O–H groups in total. The minimum absolute atomic E-state index is 0.0849. The summed E-state index contributed by atoms with van der Waals surface area (Å²) in [7, 11) is 1.57. The number of thiazole rings is 1. The Bertz CT molecular complexity index is 1270. The van der Waals surface area contributed by atoms with Crippen molar-refractivity contribution in [1.29, 1.82) is 0 Å². The molecule has 0 saturated carbocycles. The Morgan fingerprint density at radius 3 is 2.56 bits per heavy atom. The summed E-state index contributed by atoms with van der Waals surface area (Å²) in [6.07, 6.45) is 1.50. The van der Waals surface area contributed by atoms with Gasteiger partial charge in [-0.05, 0) is 48.5 Å². The molecular weight excluding hydrogens is 473 g/mol. The molecule has 2 heterocycles. The minimum atomic E-state index is -0.612. The Morgan fingerprint density at radius 1 is 1.16 bits per heavy atom. The highest BCUT2D eigenvalue weighted by atomic mass is 35.5. The lowest BCUT2D eigenvalue weighted by molar-refractivity contribution is -0.130. The number of aromatic nitrogens is 1. The number of cyclic esters (lactones) is 1. The first-order valence-electron chi connectivity index (χ1n) is 9.24. The van der Waals surface area contributed by atoms with Gasteiger partial charge >= 0.3 is 5.97 Å². The quantitative estimate of drug-likeness (QED) is 0.351. The van der Waals surface area contributed by atoms with E-state index in [0.29, 0.717) is 37.9 Å². The molecule has 0 spiro atoms. The number of hydrogen-bond acceptors (Lipinski definition) is 7. The van der Waals surface area contributed by atoms with Crippen molar-refractivity contribution in [3.63, 3.8) is 0 Å². The number of hydrogen-bond donors (Lipinski definition) is 0. The van der Waals surface area contributed by atoms with Crippen molar-refractivity contribution in [3.05, 3.63) is 74.8 Å². The zero-order chi connectivity index (χ0) is 22.8. The summed E-state index contributed by atoms with van der Waals surface area (Å²) < 4.78 is 10.4. The zero-order valence-electron chi connectivity index (χ0n) is 16.8. The van der Waals surface area contributed by atoms with Crippen molar-refractivity contribution < 1.29 is 19.1 Å². The maximum Gasteiger partial charge on any atom is 0.363 e. The molecular formula is C22H15Cl2N3O4S. The summed E-state index contributed by atoms with van der Waals surface area (Å²) in [6, 6.07) is 11.9. The van der Waals surface area contributed by atoms with Gasteiger partial charge in [0.25, 0.3) is 0 Å². The largest absolute Gasteiger partial charge is 0.497 e. The minimum Gasteiger partial charge on any atom is -0.497 e. The van der Waals surface area contributed by atoms with Crippen LogP contribution >= 0.6 is 34.5 Å². The van der Waals surface area contributed by atoms with Crippen LogP contribution in [0.15, 0.2) is 58.5 Å². The van der Waals surface area contributed by atoms with E-state index in [1.807, 2.05) is 0 Å². The number of amides is 1. The molecule has 2 aromatic carbocycles. The van der Waals surface area contributed by atoms with Gasteiger partial charge in [-0.1, -0.05) is 23.2 Å². The molecule has 32 heavy (non-hydrogen) atoms. The molecule has 1 aliphatic heterocycles. The van der Waals surface area contributed by atoms with Crippen LogP contribution < -0.4 is 9.64 Å². The zero-order valence-corrected chi connectivity index (χ0v) is 19.2. The van der Waals surface area contributed by atoms with Gasteiger partial charge in [0.2, 0.25) is 11.8 Å². The molecule has 0 bridgehead atoms. The predicted molar refractivity (Wildman–Crippen MR) is 125 cm³/mol. The Kier molecular flexibility index (Phi) is 6.27. The monoisotopic (exact) mass is 487 g/mol. The Labute approximate surface area is 197 Å².